The largest absolute Gasteiger partial charge is 0.392 e. The van der Waals surface area contributed by atoms with Crippen molar-refractivity contribution in [1.82, 2.24) is 0 Å². The molecule has 0 aliphatic carbocycles. The molecular weight excluding hydrogens is 244 g/mol. The number of nitrogens with one attached hydrogen (secondary N) is 1. The number of amides is 1. The maximum atomic E-state index is 11.6. The molecule has 1 aromatic rings. The molecule has 0 spiro atoms. The third-order valence-electron chi connectivity index (χ3n) is 3.49. The Morgan fingerprint density at radius 2 is 2.11 bits per heavy atom. The monoisotopic (exact) mass is 269 g/mol. The first-order valence-electron chi connectivity index (χ1n) is 6.69. The van der Waals surface area contributed by atoms with Crippen molar-refractivity contribution in [2.45, 2.75) is 52.6 Å². The van der Waals surface area contributed by atoms with Crippen LogP contribution in [-0.2, 0) is 17.3 Å². The summed E-state index contributed by atoms with van der Waals surface area (Å²) >= 11 is 0. The third-order valence-corrected chi connectivity index (χ3v) is 3.49. The van der Waals surface area contributed by atoms with Gasteiger partial charge in [-0.1, -0.05) is 20.8 Å². The second-order valence-corrected chi connectivity index (χ2v) is 5.77. The van der Waals surface area contributed by atoms with Crippen LogP contribution in [-0.4, -0.2) is 17.1 Å². The molecule has 0 aromatic carbocycles. The van der Waals surface area contributed by atoms with E-state index in [1.54, 1.807) is 17.9 Å². The first kappa shape index (κ1) is 15.7. The fourth-order valence-electron chi connectivity index (χ4n) is 2.04. The van der Waals surface area contributed by atoms with E-state index < -0.39 is 11.5 Å². The zero-order chi connectivity index (χ0) is 14.8. The van der Waals surface area contributed by atoms with Crippen molar-refractivity contribution >= 4 is 11.8 Å². The van der Waals surface area contributed by atoms with E-state index in [4.69, 9.17) is 4.52 Å². The summed E-state index contributed by atoms with van der Waals surface area (Å²) in [4.78, 5) is 11.6. The van der Waals surface area contributed by atoms with Gasteiger partial charge in [-0.3, -0.25) is 10.1 Å². The summed E-state index contributed by atoms with van der Waals surface area (Å²) in [5.74, 6) is 0.218. The second kappa shape index (κ2) is 5.74. The molecule has 1 aromatic heterocycles. The number of nitrogens with zero attached hydrogens (tertiary/aromatic N) is 1. The van der Waals surface area contributed by atoms with Gasteiger partial charge in [0.2, 0.25) is 11.6 Å². The lowest BCUT2D eigenvalue weighted by Gasteiger charge is -2.24. The highest BCUT2D eigenvalue weighted by Gasteiger charge is 2.39. The first-order chi connectivity index (χ1) is 8.70. The van der Waals surface area contributed by atoms with Crippen LogP contribution in [0.1, 0.15) is 46.7 Å². The Kier molecular flexibility index (Phi) is 4.74. The highest BCUT2D eigenvalue weighted by molar-refractivity contribution is 5.90. The fraction of sp³-hybridized carbons (Fsp3) is 0.714. The molecule has 0 bridgehead atoms. The fourth-order valence-corrected chi connectivity index (χ4v) is 2.04. The van der Waals surface area contributed by atoms with Gasteiger partial charge in [0.25, 0.3) is 5.88 Å². The minimum absolute atomic E-state index is 0.0882. The predicted octanol–water partition coefficient (Wildman–Crippen LogP) is 1.75. The summed E-state index contributed by atoms with van der Waals surface area (Å²) in [6.45, 7) is 9.50. The van der Waals surface area contributed by atoms with Crippen LogP contribution in [0, 0.1) is 5.92 Å². The number of aliphatic hydroxyl groups excluding tert-OH is 1. The molecule has 2 N–H and O–H groups in total. The van der Waals surface area contributed by atoms with Gasteiger partial charge in [-0.25, -0.2) is 4.52 Å². The highest BCUT2D eigenvalue weighted by Crippen LogP contribution is 2.28. The van der Waals surface area contributed by atoms with Crippen LogP contribution in [0.15, 0.2) is 10.6 Å². The summed E-state index contributed by atoms with van der Waals surface area (Å²) in [6.07, 6.45) is 0.191. The number of carbonyl (C=O) groups is 1. The number of anilines is 1. The van der Waals surface area contributed by atoms with Crippen molar-refractivity contribution in [3.8, 4) is 0 Å². The van der Waals surface area contributed by atoms with E-state index in [9.17, 15) is 9.90 Å². The predicted molar refractivity (Wildman–Crippen MR) is 72.7 cm³/mol. The van der Waals surface area contributed by atoms with Crippen LogP contribution in [0.4, 0.5) is 5.88 Å². The number of aliphatic hydroxyl groups is 1. The molecular formula is C14H25N2O3+. The standard InChI is InChI=1S/C14H24N2O3/c1-7-11(17)14(4,5)10-8-12(19-16(10)6)15-13(18)9(2)3/h8-9,11,17H,7H2,1-6H3/p+1. The normalized spacial score (nSPS) is 13.7. The molecule has 5 nitrogen and oxygen atoms in total. The smallest absolute Gasteiger partial charge is 0.282 e. The average molecular weight is 269 g/mol. The van der Waals surface area contributed by atoms with Crippen LogP contribution in [0.2, 0.25) is 0 Å². The molecule has 1 amide bonds. The Bertz CT molecular complexity index is 450. The van der Waals surface area contributed by atoms with Crippen LogP contribution >= 0.6 is 0 Å². The van der Waals surface area contributed by atoms with Gasteiger partial charge in [-0.15, -0.1) is 0 Å². The quantitative estimate of drug-likeness (QED) is 0.800. The number of hydrogen-bond donors (Lipinski definition) is 2. The van der Waals surface area contributed by atoms with Crippen molar-refractivity contribution in [3.05, 3.63) is 11.8 Å². The van der Waals surface area contributed by atoms with Crippen molar-refractivity contribution in [2.24, 2.45) is 13.0 Å². The minimum Gasteiger partial charge on any atom is -0.392 e. The number of aromatic nitrogens is 1. The third kappa shape index (κ3) is 3.35. The molecule has 108 valence electrons. The maximum absolute atomic E-state index is 11.6. The lowest BCUT2D eigenvalue weighted by atomic mass is 9.82. The zero-order valence-electron chi connectivity index (χ0n) is 12.7. The maximum Gasteiger partial charge on any atom is 0.282 e. The van der Waals surface area contributed by atoms with Gasteiger partial charge in [0, 0.05) is 5.92 Å². The summed E-state index contributed by atoms with van der Waals surface area (Å²) in [5.41, 5.74) is 0.411. The average Bonchev–Trinajstić information content (AvgIpc) is 2.69. The Labute approximate surface area is 114 Å². The lowest BCUT2D eigenvalue weighted by Crippen LogP contribution is -2.44. The van der Waals surface area contributed by atoms with Crippen molar-refractivity contribution in [3.63, 3.8) is 0 Å². The van der Waals surface area contributed by atoms with Gasteiger partial charge in [0.1, 0.15) is 0 Å². The minimum atomic E-state index is -0.468. The van der Waals surface area contributed by atoms with Crippen molar-refractivity contribution < 1.29 is 19.2 Å². The number of rotatable bonds is 5. The molecule has 0 saturated carbocycles. The van der Waals surface area contributed by atoms with Gasteiger partial charge in [-0.05, 0) is 25.0 Å². The molecule has 1 rings (SSSR count). The van der Waals surface area contributed by atoms with Crippen LogP contribution in [0.3, 0.4) is 0 Å². The molecule has 0 aliphatic rings. The van der Waals surface area contributed by atoms with E-state index >= 15 is 0 Å². The van der Waals surface area contributed by atoms with Crippen molar-refractivity contribution in [1.29, 1.82) is 0 Å². The van der Waals surface area contributed by atoms with Crippen molar-refractivity contribution in [2.75, 3.05) is 5.32 Å². The van der Waals surface area contributed by atoms with E-state index in [1.807, 2.05) is 34.6 Å². The van der Waals surface area contributed by atoms with E-state index in [2.05, 4.69) is 5.32 Å². The summed E-state index contributed by atoms with van der Waals surface area (Å²) in [7, 11) is 1.77. The van der Waals surface area contributed by atoms with Gasteiger partial charge in [0.05, 0.1) is 17.6 Å². The van der Waals surface area contributed by atoms with Gasteiger partial charge >= 0.3 is 0 Å². The highest BCUT2D eigenvalue weighted by atomic mass is 16.5. The number of hydrogen-bond acceptors (Lipinski definition) is 3. The molecule has 0 saturated heterocycles. The number of aryl methyl sites for hydroxylation is 1. The molecule has 1 atom stereocenters. The first-order valence-corrected chi connectivity index (χ1v) is 6.69. The van der Waals surface area contributed by atoms with Crippen LogP contribution in [0.5, 0.6) is 0 Å². The molecule has 5 heteroatoms. The molecule has 0 aliphatic heterocycles. The van der Waals surface area contributed by atoms with E-state index in [0.29, 0.717) is 12.3 Å². The Morgan fingerprint density at radius 3 is 2.58 bits per heavy atom. The second-order valence-electron chi connectivity index (χ2n) is 5.77. The Hall–Kier alpha value is -1.36. The van der Waals surface area contributed by atoms with E-state index in [-0.39, 0.29) is 11.8 Å². The van der Waals surface area contributed by atoms with Gasteiger partial charge in [-0.2, -0.15) is 0 Å². The van der Waals surface area contributed by atoms with Crippen LogP contribution < -0.4 is 10.1 Å². The topological polar surface area (TPSA) is 66.3 Å². The van der Waals surface area contributed by atoms with E-state index in [1.165, 1.54) is 0 Å². The summed E-state index contributed by atoms with van der Waals surface area (Å²) in [5, 5.41) is 12.8. The Morgan fingerprint density at radius 1 is 1.53 bits per heavy atom. The molecule has 19 heavy (non-hydrogen) atoms. The van der Waals surface area contributed by atoms with E-state index in [0.717, 1.165) is 5.69 Å². The molecule has 1 unspecified atom stereocenters. The molecule has 0 fully saturated rings. The van der Waals surface area contributed by atoms with Crippen LogP contribution in [0.25, 0.3) is 0 Å². The molecule has 1 heterocycles. The number of carbonyl (C=O) groups excluding carboxylic acids is 1. The van der Waals surface area contributed by atoms with Gasteiger partial charge < -0.3 is 5.11 Å². The summed E-state index contributed by atoms with van der Waals surface area (Å²) in [6, 6.07) is 1.78. The molecule has 0 radical (unpaired) electrons. The SMILES string of the molecule is CCC(O)C(C)(C)c1cc(NC(=O)C(C)C)o[n+]1C. The van der Waals surface area contributed by atoms with Gasteiger partial charge in [0.15, 0.2) is 7.05 Å². The summed E-state index contributed by atoms with van der Waals surface area (Å²) < 4.78 is 7.08. The Balaban J connectivity index is 3.00. The zero-order valence-corrected chi connectivity index (χ0v) is 12.7. The lowest BCUT2D eigenvalue weighted by molar-refractivity contribution is -0.850.